The molecular weight excluding hydrogens is 232 g/mol. The van der Waals surface area contributed by atoms with E-state index in [2.05, 4.69) is 5.43 Å². The molecule has 0 bridgehead atoms. The van der Waals surface area contributed by atoms with Gasteiger partial charge < -0.3 is 10.2 Å². The van der Waals surface area contributed by atoms with Crippen LogP contribution < -0.4 is 10.9 Å². The van der Waals surface area contributed by atoms with Gasteiger partial charge in [0.15, 0.2) is 0 Å². The molecule has 0 unspecified atom stereocenters. The second-order valence-corrected chi connectivity index (χ2v) is 3.24. The normalized spacial score (nSPS) is 9.41. The van der Waals surface area contributed by atoms with Crippen molar-refractivity contribution in [2.75, 3.05) is 0 Å². The number of nitrogens with one attached hydrogen (secondary N) is 2. The lowest BCUT2D eigenvalue weighted by Gasteiger charge is -2.05. The van der Waals surface area contributed by atoms with Gasteiger partial charge in [0.1, 0.15) is 0 Å². The first-order chi connectivity index (χ1) is 7.91. The second kappa shape index (κ2) is 8.08. The number of carboxylic acids is 2. The van der Waals surface area contributed by atoms with Crippen LogP contribution in [0.15, 0.2) is 0 Å². The van der Waals surface area contributed by atoms with Crippen LogP contribution in [0.4, 0.5) is 0 Å². The van der Waals surface area contributed by atoms with E-state index in [4.69, 9.17) is 10.2 Å². The van der Waals surface area contributed by atoms with E-state index in [9.17, 15) is 19.2 Å². The lowest BCUT2D eigenvalue weighted by Crippen LogP contribution is -2.41. The van der Waals surface area contributed by atoms with Gasteiger partial charge in [-0.05, 0) is 6.42 Å². The third kappa shape index (κ3) is 10.2. The Morgan fingerprint density at radius 2 is 1.18 bits per heavy atom. The smallest absolute Gasteiger partial charge is 0.303 e. The van der Waals surface area contributed by atoms with Crippen molar-refractivity contribution in [3.8, 4) is 0 Å². The minimum Gasteiger partial charge on any atom is -0.481 e. The van der Waals surface area contributed by atoms with Crippen LogP contribution in [0.2, 0.25) is 0 Å². The summed E-state index contributed by atoms with van der Waals surface area (Å²) in [5, 5.41) is 16.6. The van der Waals surface area contributed by atoms with Gasteiger partial charge in [-0.2, -0.15) is 0 Å². The Morgan fingerprint density at radius 3 is 1.65 bits per heavy atom. The maximum Gasteiger partial charge on any atom is 0.303 e. The summed E-state index contributed by atoms with van der Waals surface area (Å²) in [6, 6.07) is 0. The van der Waals surface area contributed by atoms with E-state index >= 15 is 0 Å². The first kappa shape index (κ1) is 14.9. The molecule has 0 spiro atoms. The molecule has 17 heavy (non-hydrogen) atoms. The van der Waals surface area contributed by atoms with Gasteiger partial charge in [0.25, 0.3) is 0 Å². The zero-order chi connectivity index (χ0) is 13.3. The Kier molecular flexibility index (Phi) is 7.07. The maximum absolute atomic E-state index is 11.0. The van der Waals surface area contributed by atoms with Crippen LogP contribution in [0.5, 0.6) is 0 Å². The van der Waals surface area contributed by atoms with E-state index < -0.39 is 23.8 Å². The van der Waals surface area contributed by atoms with Crippen LogP contribution >= 0.6 is 0 Å². The Hall–Kier alpha value is -2.12. The van der Waals surface area contributed by atoms with E-state index in [1.807, 2.05) is 5.43 Å². The van der Waals surface area contributed by atoms with E-state index in [0.717, 1.165) is 0 Å². The van der Waals surface area contributed by atoms with Crippen molar-refractivity contribution < 1.29 is 29.4 Å². The largest absolute Gasteiger partial charge is 0.481 e. The zero-order valence-electron chi connectivity index (χ0n) is 9.06. The standard InChI is InChI=1S/C9H14N2O6/c12-6(2-1-3-8(14)15)10-11-7(13)4-5-9(16)17/h1-5H2,(H,10,12)(H,11,13)(H,14,15)(H,16,17). The Morgan fingerprint density at radius 1 is 0.706 bits per heavy atom. The molecule has 0 fully saturated rings. The molecule has 0 heterocycles. The van der Waals surface area contributed by atoms with Crippen molar-refractivity contribution in [1.29, 1.82) is 0 Å². The fourth-order valence-electron chi connectivity index (χ4n) is 0.885. The van der Waals surface area contributed by atoms with Gasteiger partial charge in [0.2, 0.25) is 11.8 Å². The van der Waals surface area contributed by atoms with Gasteiger partial charge in [0.05, 0.1) is 6.42 Å². The minimum atomic E-state index is -1.10. The summed E-state index contributed by atoms with van der Waals surface area (Å²) in [6.07, 6.45) is -0.524. The highest BCUT2D eigenvalue weighted by atomic mass is 16.4. The molecule has 96 valence electrons. The highest BCUT2D eigenvalue weighted by Gasteiger charge is 2.07. The SMILES string of the molecule is O=C(O)CCCC(=O)NNC(=O)CCC(=O)O. The molecule has 0 saturated carbocycles. The van der Waals surface area contributed by atoms with Crippen molar-refractivity contribution in [2.24, 2.45) is 0 Å². The monoisotopic (exact) mass is 246 g/mol. The summed E-state index contributed by atoms with van der Waals surface area (Å²) < 4.78 is 0. The van der Waals surface area contributed by atoms with Crippen LogP contribution in [0, 0.1) is 0 Å². The molecule has 8 nitrogen and oxygen atoms in total. The molecule has 0 saturated heterocycles. The lowest BCUT2D eigenvalue weighted by molar-refractivity contribution is -0.139. The fourth-order valence-corrected chi connectivity index (χ4v) is 0.885. The van der Waals surface area contributed by atoms with Crippen LogP contribution in [0.25, 0.3) is 0 Å². The molecule has 0 rings (SSSR count). The topological polar surface area (TPSA) is 133 Å². The molecule has 2 amide bonds. The van der Waals surface area contributed by atoms with Crippen LogP contribution in [-0.2, 0) is 19.2 Å². The number of rotatable bonds is 7. The molecule has 0 aromatic carbocycles. The highest BCUT2D eigenvalue weighted by Crippen LogP contribution is 1.94. The van der Waals surface area contributed by atoms with Crippen molar-refractivity contribution in [1.82, 2.24) is 10.9 Å². The number of hydrogen-bond donors (Lipinski definition) is 4. The fraction of sp³-hybridized carbons (Fsp3) is 0.556. The summed E-state index contributed by atoms with van der Waals surface area (Å²) in [5.74, 6) is -3.23. The van der Waals surface area contributed by atoms with E-state index in [1.54, 1.807) is 0 Å². The van der Waals surface area contributed by atoms with E-state index in [1.165, 1.54) is 0 Å². The molecule has 8 heteroatoms. The van der Waals surface area contributed by atoms with Crippen molar-refractivity contribution in [3.63, 3.8) is 0 Å². The summed E-state index contributed by atoms with van der Waals surface area (Å²) in [5.41, 5.74) is 4.08. The molecule has 0 aliphatic heterocycles. The number of aliphatic carboxylic acids is 2. The third-order valence-electron chi connectivity index (χ3n) is 1.70. The summed E-state index contributed by atoms with van der Waals surface area (Å²) in [6.45, 7) is 0. The molecule has 4 N–H and O–H groups in total. The number of hydrogen-bond acceptors (Lipinski definition) is 4. The average Bonchev–Trinajstić information content (AvgIpc) is 2.23. The van der Waals surface area contributed by atoms with Gasteiger partial charge in [-0.1, -0.05) is 0 Å². The molecular formula is C9H14N2O6. The molecule has 0 radical (unpaired) electrons. The number of amides is 2. The minimum absolute atomic E-state index is 0.0223. The van der Waals surface area contributed by atoms with Crippen molar-refractivity contribution >= 4 is 23.8 Å². The van der Waals surface area contributed by atoms with Gasteiger partial charge in [0, 0.05) is 19.3 Å². The zero-order valence-corrected chi connectivity index (χ0v) is 9.06. The molecule has 0 aromatic heterocycles. The predicted molar refractivity (Wildman–Crippen MR) is 54.6 cm³/mol. The first-order valence-electron chi connectivity index (χ1n) is 4.93. The molecule has 0 aliphatic carbocycles. The van der Waals surface area contributed by atoms with Crippen LogP contribution in [0.1, 0.15) is 32.1 Å². The number of carbonyl (C=O) groups excluding carboxylic acids is 2. The maximum atomic E-state index is 11.0. The number of carboxylic acid groups (broad SMARTS) is 2. The Balaban J connectivity index is 3.59. The molecule has 0 atom stereocenters. The van der Waals surface area contributed by atoms with Gasteiger partial charge in [-0.15, -0.1) is 0 Å². The molecule has 0 aromatic rings. The molecule has 0 aliphatic rings. The van der Waals surface area contributed by atoms with Crippen molar-refractivity contribution in [3.05, 3.63) is 0 Å². The Bertz CT molecular complexity index is 315. The van der Waals surface area contributed by atoms with Gasteiger partial charge in [-0.25, -0.2) is 0 Å². The lowest BCUT2D eigenvalue weighted by atomic mass is 10.2. The van der Waals surface area contributed by atoms with Crippen LogP contribution in [-0.4, -0.2) is 34.0 Å². The van der Waals surface area contributed by atoms with E-state index in [0.29, 0.717) is 0 Å². The summed E-state index contributed by atoms with van der Waals surface area (Å²) in [4.78, 5) is 42.2. The third-order valence-corrected chi connectivity index (χ3v) is 1.70. The Labute approximate surface area is 97.0 Å². The summed E-state index contributed by atoms with van der Waals surface area (Å²) in [7, 11) is 0. The van der Waals surface area contributed by atoms with E-state index in [-0.39, 0.29) is 32.1 Å². The first-order valence-corrected chi connectivity index (χ1v) is 4.93. The highest BCUT2D eigenvalue weighted by molar-refractivity contribution is 5.84. The summed E-state index contributed by atoms with van der Waals surface area (Å²) >= 11 is 0. The number of carbonyl (C=O) groups is 4. The number of hydrazine groups is 1. The second-order valence-electron chi connectivity index (χ2n) is 3.24. The van der Waals surface area contributed by atoms with Crippen molar-refractivity contribution in [2.45, 2.75) is 32.1 Å². The van der Waals surface area contributed by atoms with Gasteiger partial charge in [-0.3, -0.25) is 30.0 Å². The quantitative estimate of drug-likeness (QED) is 0.437. The van der Waals surface area contributed by atoms with Crippen LogP contribution in [0.3, 0.4) is 0 Å². The van der Waals surface area contributed by atoms with Gasteiger partial charge >= 0.3 is 11.9 Å². The average molecular weight is 246 g/mol. The predicted octanol–water partition coefficient (Wildman–Crippen LogP) is -0.746.